The topological polar surface area (TPSA) is 46.5 Å². The summed E-state index contributed by atoms with van der Waals surface area (Å²) in [7, 11) is 0. The Labute approximate surface area is 153 Å². The number of carbonyl (C=O) groups is 1. The molecule has 3 heteroatoms. The lowest BCUT2D eigenvalue weighted by molar-refractivity contribution is 0.0265. The van der Waals surface area contributed by atoms with Crippen LogP contribution in [0.5, 0.6) is 0 Å². The fraction of sp³-hybridized carbons (Fsp3) is 0.682. The minimum Gasteiger partial charge on any atom is -0.462 e. The third-order valence-electron chi connectivity index (χ3n) is 4.93. The minimum absolute atomic E-state index is 0.0289. The summed E-state index contributed by atoms with van der Waals surface area (Å²) in [6.07, 6.45) is 4.43. The predicted octanol–water partition coefficient (Wildman–Crippen LogP) is 5.33. The van der Waals surface area contributed by atoms with Gasteiger partial charge in [0.25, 0.3) is 0 Å². The summed E-state index contributed by atoms with van der Waals surface area (Å²) in [5.74, 6) is 2.29. The van der Waals surface area contributed by atoms with Gasteiger partial charge in [-0.3, -0.25) is 0 Å². The van der Waals surface area contributed by atoms with Crippen molar-refractivity contribution in [2.24, 2.45) is 23.7 Å². The van der Waals surface area contributed by atoms with E-state index < -0.39 is 0 Å². The van der Waals surface area contributed by atoms with Crippen molar-refractivity contribution in [1.29, 1.82) is 0 Å². The van der Waals surface area contributed by atoms with Crippen molar-refractivity contribution >= 4 is 5.97 Å². The van der Waals surface area contributed by atoms with Crippen LogP contribution >= 0.6 is 0 Å². The van der Waals surface area contributed by atoms with Crippen molar-refractivity contribution in [2.75, 3.05) is 6.61 Å². The Morgan fingerprint density at radius 3 is 2.32 bits per heavy atom. The molecule has 1 fully saturated rings. The van der Waals surface area contributed by atoms with E-state index in [1.807, 2.05) is 18.2 Å². The van der Waals surface area contributed by atoms with E-state index in [2.05, 4.69) is 34.6 Å². The van der Waals surface area contributed by atoms with Crippen LogP contribution in [0.1, 0.15) is 70.7 Å². The zero-order valence-corrected chi connectivity index (χ0v) is 16.6. The van der Waals surface area contributed by atoms with Crippen molar-refractivity contribution < 1.29 is 14.6 Å². The first-order valence-corrected chi connectivity index (χ1v) is 9.71. The number of hydrogen-bond donors (Lipinski definition) is 1. The SMILES string of the molecule is CC(C)CCOC(=O)c1ccccc1.CC1CCC(C(C)C)C(O)C1. The maximum absolute atomic E-state index is 11.4. The number of rotatable bonds is 5. The van der Waals surface area contributed by atoms with Gasteiger partial charge in [-0.1, -0.05) is 59.2 Å². The molecule has 1 saturated carbocycles. The Hall–Kier alpha value is -1.35. The van der Waals surface area contributed by atoms with E-state index >= 15 is 0 Å². The van der Waals surface area contributed by atoms with Crippen LogP contribution in [-0.4, -0.2) is 23.8 Å². The van der Waals surface area contributed by atoms with Gasteiger partial charge in [-0.05, 0) is 55.1 Å². The fourth-order valence-corrected chi connectivity index (χ4v) is 3.20. The molecule has 3 unspecified atom stereocenters. The smallest absolute Gasteiger partial charge is 0.338 e. The predicted molar refractivity (Wildman–Crippen MR) is 104 cm³/mol. The molecule has 3 atom stereocenters. The highest BCUT2D eigenvalue weighted by Gasteiger charge is 2.28. The molecular formula is C22H36O3. The summed E-state index contributed by atoms with van der Waals surface area (Å²) in [4.78, 5) is 11.4. The minimum atomic E-state index is -0.230. The molecule has 1 aliphatic rings. The monoisotopic (exact) mass is 348 g/mol. The van der Waals surface area contributed by atoms with Gasteiger partial charge in [-0.15, -0.1) is 0 Å². The van der Waals surface area contributed by atoms with Crippen LogP contribution in [0.25, 0.3) is 0 Å². The molecule has 0 aromatic heterocycles. The molecule has 0 radical (unpaired) electrons. The average Bonchev–Trinajstić information content (AvgIpc) is 2.55. The summed E-state index contributed by atoms with van der Waals surface area (Å²) in [5, 5.41) is 9.71. The van der Waals surface area contributed by atoms with Gasteiger partial charge in [0.15, 0.2) is 0 Å². The molecule has 0 saturated heterocycles. The molecule has 1 aliphatic carbocycles. The molecule has 25 heavy (non-hydrogen) atoms. The van der Waals surface area contributed by atoms with Gasteiger partial charge in [-0.25, -0.2) is 4.79 Å². The van der Waals surface area contributed by atoms with E-state index in [0.717, 1.165) is 18.8 Å². The second kappa shape index (κ2) is 11.3. The number of aliphatic hydroxyl groups excluding tert-OH is 1. The van der Waals surface area contributed by atoms with E-state index in [1.165, 1.54) is 12.8 Å². The normalized spacial score (nSPS) is 23.1. The van der Waals surface area contributed by atoms with Crippen LogP contribution in [0.2, 0.25) is 0 Å². The highest BCUT2D eigenvalue weighted by Crippen LogP contribution is 2.33. The van der Waals surface area contributed by atoms with Gasteiger partial charge in [0.05, 0.1) is 18.3 Å². The number of hydrogen-bond acceptors (Lipinski definition) is 3. The maximum Gasteiger partial charge on any atom is 0.338 e. The number of aliphatic hydroxyl groups is 1. The van der Waals surface area contributed by atoms with Gasteiger partial charge >= 0.3 is 5.97 Å². The molecule has 1 aromatic carbocycles. The van der Waals surface area contributed by atoms with Gasteiger partial charge in [0.1, 0.15) is 0 Å². The number of carbonyl (C=O) groups excluding carboxylic acids is 1. The second-order valence-electron chi connectivity index (χ2n) is 8.08. The van der Waals surface area contributed by atoms with Crippen LogP contribution in [0.15, 0.2) is 30.3 Å². The van der Waals surface area contributed by atoms with Crippen LogP contribution in [0.4, 0.5) is 0 Å². The molecule has 0 aliphatic heterocycles. The first-order valence-electron chi connectivity index (χ1n) is 9.71. The number of esters is 1. The van der Waals surface area contributed by atoms with Crippen LogP contribution in [-0.2, 0) is 4.74 Å². The van der Waals surface area contributed by atoms with Crippen LogP contribution in [0, 0.1) is 23.7 Å². The van der Waals surface area contributed by atoms with E-state index in [4.69, 9.17) is 4.74 Å². The molecule has 3 nitrogen and oxygen atoms in total. The van der Waals surface area contributed by atoms with Crippen LogP contribution < -0.4 is 0 Å². The maximum atomic E-state index is 11.4. The van der Waals surface area contributed by atoms with E-state index in [1.54, 1.807) is 12.1 Å². The Kier molecular flexibility index (Phi) is 9.81. The molecule has 0 amide bonds. The zero-order valence-electron chi connectivity index (χ0n) is 16.6. The molecule has 142 valence electrons. The summed E-state index contributed by atoms with van der Waals surface area (Å²) in [6, 6.07) is 9.07. The average molecular weight is 349 g/mol. The summed E-state index contributed by atoms with van der Waals surface area (Å²) >= 11 is 0. The lowest BCUT2D eigenvalue weighted by Crippen LogP contribution is -2.31. The lowest BCUT2D eigenvalue weighted by Gasteiger charge is -2.33. The zero-order chi connectivity index (χ0) is 18.8. The third kappa shape index (κ3) is 8.53. The first-order chi connectivity index (χ1) is 11.8. The van der Waals surface area contributed by atoms with Crippen molar-refractivity contribution in [3.8, 4) is 0 Å². The Morgan fingerprint density at radius 1 is 1.16 bits per heavy atom. The van der Waals surface area contributed by atoms with Crippen molar-refractivity contribution in [3.05, 3.63) is 35.9 Å². The fourth-order valence-electron chi connectivity index (χ4n) is 3.20. The highest BCUT2D eigenvalue weighted by atomic mass is 16.5. The third-order valence-corrected chi connectivity index (χ3v) is 4.93. The van der Waals surface area contributed by atoms with Crippen molar-refractivity contribution in [3.63, 3.8) is 0 Å². The summed E-state index contributed by atoms with van der Waals surface area (Å²) in [5.41, 5.74) is 0.622. The van der Waals surface area contributed by atoms with Gasteiger partial charge < -0.3 is 9.84 Å². The van der Waals surface area contributed by atoms with E-state index in [-0.39, 0.29) is 12.1 Å². The molecule has 0 heterocycles. The molecule has 0 bridgehead atoms. The van der Waals surface area contributed by atoms with Gasteiger partial charge in [0, 0.05) is 0 Å². The molecule has 1 N–H and O–H groups in total. The molecular weight excluding hydrogens is 312 g/mol. The summed E-state index contributed by atoms with van der Waals surface area (Å²) < 4.78 is 5.10. The Morgan fingerprint density at radius 2 is 1.80 bits per heavy atom. The second-order valence-corrected chi connectivity index (χ2v) is 8.08. The van der Waals surface area contributed by atoms with Crippen molar-refractivity contribution in [2.45, 2.75) is 66.4 Å². The Balaban J connectivity index is 0.000000257. The highest BCUT2D eigenvalue weighted by molar-refractivity contribution is 5.89. The van der Waals surface area contributed by atoms with E-state index in [9.17, 15) is 9.90 Å². The van der Waals surface area contributed by atoms with Crippen LogP contribution in [0.3, 0.4) is 0 Å². The van der Waals surface area contributed by atoms with Gasteiger partial charge in [0.2, 0.25) is 0 Å². The first kappa shape index (κ1) is 21.7. The molecule has 2 rings (SSSR count). The largest absolute Gasteiger partial charge is 0.462 e. The summed E-state index contributed by atoms with van der Waals surface area (Å²) in [6.45, 7) is 11.4. The number of benzene rings is 1. The standard InChI is InChI=1S/C12H16O2.C10H20O/c1-10(2)8-9-14-12(13)11-6-4-3-5-7-11;1-7(2)9-5-4-8(3)6-10(9)11/h3-7,10H,8-9H2,1-2H3;7-11H,4-6H2,1-3H3. The molecule has 0 spiro atoms. The van der Waals surface area contributed by atoms with E-state index in [0.29, 0.717) is 29.9 Å². The Bertz CT molecular complexity index is 481. The number of ether oxygens (including phenoxy) is 1. The lowest BCUT2D eigenvalue weighted by atomic mass is 9.75. The van der Waals surface area contributed by atoms with Crippen molar-refractivity contribution in [1.82, 2.24) is 0 Å². The molecule has 1 aromatic rings. The van der Waals surface area contributed by atoms with Gasteiger partial charge in [-0.2, -0.15) is 0 Å². The quantitative estimate of drug-likeness (QED) is 0.732.